The molecule has 1 aromatic rings. The van der Waals surface area contributed by atoms with Crippen molar-refractivity contribution in [1.29, 1.82) is 0 Å². The highest BCUT2D eigenvalue weighted by atomic mass is 19.1. The molecule has 0 radical (unpaired) electrons. The Morgan fingerprint density at radius 1 is 1.39 bits per heavy atom. The van der Waals surface area contributed by atoms with E-state index in [2.05, 4.69) is 5.32 Å². The monoisotopic (exact) mass is 257 g/mol. The summed E-state index contributed by atoms with van der Waals surface area (Å²) in [4.78, 5) is 11.3. The maximum Gasteiger partial charge on any atom is 0.328 e. The minimum Gasteiger partial charge on any atom is -0.480 e. The third-order valence-corrected chi connectivity index (χ3v) is 2.94. The summed E-state index contributed by atoms with van der Waals surface area (Å²) < 4.78 is 27.3. The third-order valence-electron chi connectivity index (χ3n) is 2.94. The fraction of sp³-hybridized carbons (Fsp3) is 0.462. The molecule has 0 heterocycles. The molecule has 0 aliphatic carbocycles. The van der Waals surface area contributed by atoms with Crippen LogP contribution in [0.2, 0.25) is 0 Å². The average molecular weight is 257 g/mol. The second-order valence-electron chi connectivity index (χ2n) is 4.44. The first kappa shape index (κ1) is 14.6. The van der Waals surface area contributed by atoms with Crippen LogP contribution in [-0.2, 0) is 10.3 Å². The van der Waals surface area contributed by atoms with Gasteiger partial charge in [-0.15, -0.1) is 0 Å². The van der Waals surface area contributed by atoms with Crippen LogP contribution in [0, 0.1) is 18.6 Å². The number of rotatable bonds is 5. The standard InChI is InChI=1S/C13H17F2NO2/c1-4-5-16-13(3,12(17)18)9-7-10(14)8(2)6-11(9)15/h6-7,16H,4-5H2,1-3H3,(H,17,18). The van der Waals surface area contributed by atoms with Gasteiger partial charge in [0.05, 0.1) is 0 Å². The molecule has 0 bridgehead atoms. The van der Waals surface area contributed by atoms with Gasteiger partial charge in [0.15, 0.2) is 0 Å². The smallest absolute Gasteiger partial charge is 0.328 e. The summed E-state index contributed by atoms with van der Waals surface area (Å²) in [5.41, 5.74) is -1.67. The van der Waals surface area contributed by atoms with E-state index in [9.17, 15) is 18.7 Å². The largest absolute Gasteiger partial charge is 0.480 e. The lowest BCUT2D eigenvalue weighted by atomic mass is 9.90. The van der Waals surface area contributed by atoms with E-state index in [1.54, 1.807) is 0 Å². The van der Waals surface area contributed by atoms with Crippen molar-refractivity contribution < 1.29 is 18.7 Å². The van der Waals surface area contributed by atoms with Crippen molar-refractivity contribution in [2.75, 3.05) is 6.54 Å². The molecule has 100 valence electrons. The molecule has 0 amide bonds. The van der Waals surface area contributed by atoms with E-state index in [1.807, 2.05) is 6.92 Å². The Labute approximate surface area is 105 Å². The van der Waals surface area contributed by atoms with Crippen molar-refractivity contribution >= 4 is 5.97 Å². The lowest BCUT2D eigenvalue weighted by molar-refractivity contribution is -0.144. The van der Waals surface area contributed by atoms with Crippen LogP contribution < -0.4 is 5.32 Å². The van der Waals surface area contributed by atoms with E-state index in [0.717, 1.165) is 12.1 Å². The number of aliphatic carboxylic acids is 1. The van der Waals surface area contributed by atoms with Crippen LogP contribution in [0.5, 0.6) is 0 Å². The number of benzene rings is 1. The lowest BCUT2D eigenvalue weighted by Gasteiger charge is -2.27. The zero-order valence-electron chi connectivity index (χ0n) is 10.7. The van der Waals surface area contributed by atoms with Crippen molar-refractivity contribution in [3.8, 4) is 0 Å². The van der Waals surface area contributed by atoms with Crippen LogP contribution in [0.3, 0.4) is 0 Å². The first-order chi connectivity index (χ1) is 8.32. The minimum atomic E-state index is -1.63. The molecule has 1 atom stereocenters. The molecule has 0 saturated heterocycles. The molecule has 2 N–H and O–H groups in total. The van der Waals surface area contributed by atoms with Crippen molar-refractivity contribution in [3.63, 3.8) is 0 Å². The Balaban J connectivity index is 3.29. The number of carbonyl (C=O) groups is 1. The van der Waals surface area contributed by atoms with E-state index >= 15 is 0 Å². The molecule has 1 unspecified atom stereocenters. The Morgan fingerprint density at radius 3 is 2.50 bits per heavy atom. The van der Waals surface area contributed by atoms with Crippen LogP contribution in [0.25, 0.3) is 0 Å². The zero-order chi connectivity index (χ0) is 13.9. The van der Waals surface area contributed by atoms with Crippen LogP contribution in [-0.4, -0.2) is 17.6 Å². The van der Waals surface area contributed by atoms with E-state index in [4.69, 9.17) is 0 Å². The predicted molar refractivity (Wildman–Crippen MR) is 64.4 cm³/mol. The van der Waals surface area contributed by atoms with Crippen molar-refractivity contribution in [2.24, 2.45) is 0 Å². The molecule has 0 spiro atoms. The van der Waals surface area contributed by atoms with Crippen molar-refractivity contribution in [3.05, 3.63) is 34.9 Å². The molecular weight excluding hydrogens is 240 g/mol. The zero-order valence-corrected chi connectivity index (χ0v) is 10.7. The Bertz CT molecular complexity index is 463. The first-order valence-electron chi connectivity index (χ1n) is 5.77. The second kappa shape index (κ2) is 5.44. The average Bonchev–Trinajstić information content (AvgIpc) is 2.30. The molecule has 3 nitrogen and oxygen atoms in total. The van der Waals surface area contributed by atoms with Crippen LogP contribution >= 0.6 is 0 Å². The number of nitrogens with one attached hydrogen (secondary N) is 1. The number of aryl methyl sites for hydroxylation is 1. The fourth-order valence-corrected chi connectivity index (χ4v) is 1.69. The van der Waals surface area contributed by atoms with Gasteiger partial charge in [0.1, 0.15) is 17.2 Å². The number of halogens is 2. The first-order valence-corrected chi connectivity index (χ1v) is 5.77. The molecule has 0 aliphatic heterocycles. The van der Waals surface area contributed by atoms with Crippen LogP contribution in [0.4, 0.5) is 8.78 Å². The van der Waals surface area contributed by atoms with Crippen molar-refractivity contribution in [1.82, 2.24) is 5.32 Å². The highest BCUT2D eigenvalue weighted by Crippen LogP contribution is 2.26. The van der Waals surface area contributed by atoms with E-state index in [-0.39, 0.29) is 11.1 Å². The number of carboxylic acids is 1. The summed E-state index contributed by atoms with van der Waals surface area (Å²) >= 11 is 0. The summed E-state index contributed by atoms with van der Waals surface area (Å²) in [5.74, 6) is -2.57. The summed E-state index contributed by atoms with van der Waals surface area (Å²) in [5, 5.41) is 12.0. The number of hydrogen-bond donors (Lipinski definition) is 2. The van der Waals surface area contributed by atoms with Crippen LogP contribution in [0.15, 0.2) is 12.1 Å². The van der Waals surface area contributed by atoms with Gasteiger partial charge in [0, 0.05) is 5.56 Å². The van der Waals surface area contributed by atoms with E-state index < -0.39 is 23.1 Å². The van der Waals surface area contributed by atoms with Gasteiger partial charge in [-0.2, -0.15) is 0 Å². The van der Waals surface area contributed by atoms with Gasteiger partial charge in [-0.05, 0) is 44.5 Å². The Hall–Kier alpha value is -1.49. The highest BCUT2D eigenvalue weighted by molar-refractivity contribution is 5.80. The molecular formula is C13H17F2NO2. The number of carboxylic acid groups (broad SMARTS) is 1. The Morgan fingerprint density at radius 2 is 2.00 bits per heavy atom. The summed E-state index contributed by atoms with van der Waals surface area (Å²) in [6.07, 6.45) is 0.693. The van der Waals surface area contributed by atoms with E-state index in [1.165, 1.54) is 13.8 Å². The molecule has 1 rings (SSSR count). The molecule has 0 aromatic heterocycles. The van der Waals surface area contributed by atoms with Gasteiger partial charge in [-0.25, -0.2) is 13.6 Å². The van der Waals surface area contributed by atoms with Gasteiger partial charge in [0.25, 0.3) is 0 Å². The predicted octanol–water partition coefficient (Wildman–Crippen LogP) is 2.57. The number of hydrogen-bond acceptors (Lipinski definition) is 2. The molecule has 0 saturated carbocycles. The van der Waals surface area contributed by atoms with Crippen molar-refractivity contribution in [2.45, 2.75) is 32.7 Å². The quantitative estimate of drug-likeness (QED) is 0.852. The lowest BCUT2D eigenvalue weighted by Crippen LogP contribution is -2.47. The maximum absolute atomic E-state index is 13.8. The van der Waals surface area contributed by atoms with Gasteiger partial charge in [0.2, 0.25) is 0 Å². The van der Waals surface area contributed by atoms with Gasteiger partial charge < -0.3 is 5.11 Å². The maximum atomic E-state index is 13.8. The second-order valence-corrected chi connectivity index (χ2v) is 4.44. The van der Waals surface area contributed by atoms with Gasteiger partial charge in [-0.3, -0.25) is 5.32 Å². The SMILES string of the molecule is CCCNC(C)(C(=O)O)c1cc(F)c(C)cc1F. The topological polar surface area (TPSA) is 49.3 Å². The van der Waals surface area contributed by atoms with Gasteiger partial charge >= 0.3 is 5.97 Å². The Kier molecular flexibility index (Phi) is 4.40. The summed E-state index contributed by atoms with van der Waals surface area (Å²) in [7, 11) is 0. The van der Waals surface area contributed by atoms with E-state index in [0.29, 0.717) is 13.0 Å². The highest BCUT2D eigenvalue weighted by Gasteiger charge is 2.37. The summed E-state index contributed by atoms with van der Waals surface area (Å²) in [6.45, 7) is 5.02. The van der Waals surface area contributed by atoms with Crippen LogP contribution in [0.1, 0.15) is 31.4 Å². The normalized spacial score (nSPS) is 14.3. The molecule has 0 fully saturated rings. The summed E-state index contributed by atoms with van der Waals surface area (Å²) in [6, 6.07) is 1.96. The third kappa shape index (κ3) is 2.67. The molecule has 5 heteroatoms. The minimum absolute atomic E-state index is 0.152. The fourth-order valence-electron chi connectivity index (χ4n) is 1.69. The molecule has 0 aliphatic rings. The molecule has 1 aromatic carbocycles. The van der Waals surface area contributed by atoms with Gasteiger partial charge in [-0.1, -0.05) is 6.92 Å². The molecule has 18 heavy (non-hydrogen) atoms.